The van der Waals surface area contributed by atoms with Gasteiger partial charge in [0.25, 0.3) is 0 Å². The van der Waals surface area contributed by atoms with Crippen LogP contribution in [0.4, 0.5) is 0 Å². The first-order valence-electron chi connectivity index (χ1n) is 16.9. The highest BCUT2D eigenvalue weighted by atomic mass is 16.5. The average molecular weight is 563 g/mol. The number of hydrogen-bond acceptors (Lipinski definition) is 5. The Kier molecular flexibility index (Phi) is 12.2. The van der Waals surface area contributed by atoms with Crippen LogP contribution in [0.25, 0.3) is 0 Å². The molecule has 6 heteroatoms. The molecule has 1 amide bonds. The Hall–Kier alpha value is -0.690. The van der Waals surface area contributed by atoms with E-state index >= 15 is 0 Å². The Balaban J connectivity index is 1.03. The third kappa shape index (κ3) is 9.67. The van der Waals surface area contributed by atoms with Gasteiger partial charge in [-0.3, -0.25) is 4.79 Å². The first-order valence-corrected chi connectivity index (χ1v) is 16.9. The monoisotopic (exact) mass is 562 g/mol. The smallest absolute Gasteiger partial charge is 0.225 e. The summed E-state index contributed by atoms with van der Waals surface area (Å²) in [4.78, 5) is 17.6. The van der Waals surface area contributed by atoms with Gasteiger partial charge in [-0.05, 0) is 142 Å². The van der Waals surface area contributed by atoms with Crippen molar-refractivity contribution in [3.05, 3.63) is 0 Å². The van der Waals surface area contributed by atoms with Gasteiger partial charge in [0.1, 0.15) is 0 Å². The van der Waals surface area contributed by atoms with Gasteiger partial charge in [-0.1, -0.05) is 6.92 Å². The van der Waals surface area contributed by atoms with Gasteiger partial charge < -0.3 is 24.0 Å². The van der Waals surface area contributed by atoms with E-state index in [-0.39, 0.29) is 11.5 Å². The minimum atomic E-state index is -0.0531. The standard InChI is InChI=1S/C34H62N2O4/c1-25(2)39-17-11-27-7-13-35(14-8-27)31-20-29(21-31)19-26(3)24-34(4,5)40-18-12-28-9-15-36(16-10-28)33(37)30-22-32(23-30)38-6/h25-32H,7-24H2,1-6H3/t26?,29-,30-,31-,32-. The normalized spacial score (nSPS) is 29.8. The van der Waals surface area contributed by atoms with Crippen LogP contribution in [0.3, 0.4) is 0 Å². The second-order valence-electron chi connectivity index (χ2n) is 14.9. The summed E-state index contributed by atoms with van der Waals surface area (Å²) in [7, 11) is 1.75. The number of hydrogen-bond donors (Lipinski definition) is 0. The zero-order chi connectivity index (χ0) is 28.7. The van der Waals surface area contributed by atoms with Gasteiger partial charge in [0.15, 0.2) is 0 Å². The molecular formula is C34H62N2O4. The number of ether oxygens (including phenoxy) is 3. The highest BCUT2D eigenvalue weighted by Gasteiger charge is 2.38. The molecule has 0 spiro atoms. The van der Waals surface area contributed by atoms with Crippen LogP contribution in [0.1, 0.15) is 112 Å². The summed E-state index contributed by atoms with van der Waals surface area (Å²) >= 11 is 0. The highest BCUT2D eigenvalue weighted by molar-refractivity contribution is 5.80. The van der Waals surface area contributed by atoms with E-state index in [1.807, 2.05) is 0 Å². The molecule has 1 atom stereocenters. The van der Waals surface area contributed by atoms with Crippen molar-refractivity contribution in [2.75, 3.05) is 46.5 Å². The first-order chi connectivity index (χ1) is 19.1. The lowest BCUT2D eigenvalue weighted by molar-refractivity contribution is -0.145. The van der Waals surface area contributed by atoms with Crippen LogP contribution < -0.4 is 0 Å². The fourth-order valence-corrected chi connectivity index (χ4v) is 7.98. The molecule has 0 N–H and O–H groups in total. The van der Waals surface area contributed by atoms with Crippen LogP contribution in [0.15, 0.2) is 0 Å². The van der Waals surface area contributed by atoms with Crippen molar-refractivity contribution >= 4 is 5.91 Å². The summed E-state index contributed by atoms with van der Waals surface area (Å²) in [6.45, 7) is 17.5. The molecule has 6 nitrogen and oxygen atoms in total. The number of carbonyl (C=O) groups is 1. The van der Waals surface area contributed by atoms with E-state index < -0.39 is 0 Å². The van der Waals surface area contributed by atoms with Gasteiger partial charge in [0.05, 0.1) is 17.8 Å². The SMILES string of the molecule is CO[C@H]1C[C@H](C(=O)N2CCC(CCOC(C)(C)CC(C)C[C@H]3C[C@H](N4CCC(CCOC(C)C)CC4)C3)CC2)C1. The van der Waals surface area contributed by atoms with Gasteiger partial charge in [-0.25, -0.2) is 0 Å². The number of amides is 1. The predicted octanol–water partition coefficient (Wildman–Crippen LogP) is 6.56. The third-order valence-electron chi connectivity index (χ3n) is 10.7. The fraction of sp³-hybridized carbons (Fsp3) is 0.971. The quantitative estimate of drug-likeness (QED) is 0.226. The zero-order valence-electron chi connectivity index (χ0n) is 26.9. The van der Waals surface area contributed by atoms with E-state index in [1.165, 1.54) is 51.6 Å². The molecule has 2 saturated carbocycles. The molecule has 1 unspecified atom stereocenters. The Labute approximate surface area is 246 Å². The second kappa shape index (κ2) is 15.2. The molecule has 0 aromatic rings. The van der Waals surface area contributed by atoms with Crippen molar-refractivity contribution in [2.45, 2.75) is 136 Å². The van der Waals surface area contributed by atoms with E-state index in [0.717, 1.165) is 82.7 Å². The van der Waals surface area contributed by atoms with Gasteiger partial charge in [-0.15, -0.1) is 0 Å². The molecule has 0 bridgehead atoms. The predicted molar refractivity (Wildman–Crippen MR) is 162 cm³/mol. The Morgan fingerprint density at radius 1 is 0.850 bits per heavy atom. The number of likely N-dealkylation sites (tertiary alicyclic amines) is 2. The summed E-state index contributed by atoms with van der Waals surface area (Å²) in [6, 6.07) is 0.840. The molecule has 2 aliphatic carbocycles. The molecule has 4 rings (SSSR count). The van der Waals surface area contributed by atoms with E-state index in [1.54, 1.807) is 7.11 Å². The summed E-state index contributed by atoms with van der Waals surface area (Å²) < 4.78 is 17.6. The maximum absolute atomic E-state index is 12.7. The Morgan fingerprint density at radius 2 is 1.45 bits per heavy atom. The summed E-state index contributed by atoms with van der Waals surface area (Å²) in [5.74, 6) is 3.74. The Morgan fingerprint density at radius 3 is 2.05 bits per heavy atom. The molecule has 4 fully saturated rings. The number of nitrogens with zero attached hydrogens (tertiary/aromatic N) is 2. The van der Waals surface area contributed by atoms with Gasteiger partial charge in [0.2, 0.25) is 5.91 Å². The topological polar surface area (TPSA) is 51.2 Å². The molecule has 2 saturated heterocycles. The average Bonchev–Trinajstić information content (AvgIpc) is 2.85. The lowest BCUT2D eigenvalue weighted by atomic mass is 9.72. The van der Waals surface area contributed by atoms with Crippen LogP contribution in [0.2, 0.25) is 0 Å². The molecule has 2 aliphatic heterocycles. The molecule has 2 heterocycles. The van der Waals surface area contributed by atoms with Crippen LogP contribution >= 0.6 is 0 Å². The molecule has 0 radical (unpaired) electrons. The second-order valence-corrected chi connectivity index (χ2v) is 14.9. The van der Waals surface area contributed by atoms with Gasteiger partial charge in [0, 0.05) is 45.4 Å². The zero-order valence-corrected chi connectivity index (χ0v) is 26.9. The fourth-order valence-electron chi connectivity index (χ4n) is 7.98. The van der Waals surface area contributed by atoms with Crippen molar-refractivity contribution in [3.63, 3.8) is 0 Å². The Bertz CT molecular complexity index is 745. The van der Waals surface area contributed by atoms with Crippen molar-refractivity contribution < 1.29 is 19.0 Å². The van der Waals surface area contributed by atoms with Crippen LogP contribution in [-0.4, -0.2) is 86.1 Å². The van der Waals surface area contributed by atoms with Crippen LogP contribution in [0, 0.1) is 29.6 Å². The maximum Gasteiger partial charge on any atom is 0.225 e. The number of methoxy groups -OCH3 is 1. The van der Waals surface area contributed by atoms with Crippen molar-refractivity contribution in [1.29, 1.82) is 0 Å². The highest BCUT2D eigenvalue weighted by Crippen LogP contribution is 2.40. The molecule has 232 valence electrons. The van der Waals surface area contributed by atoms with Crippen LogP contribution in [0.5, 0.6) is 0 Å². The van der Waals surface area contributed by atoms with Gasteiger partial charge >= 0.3 is 0 Å². The largest absolute Gasteiger partial charge is 0.381 e. The minimum absolute atomic E-state index is 0.0531. The van der Waals surface area contributed by atoms with Crippen molar-refractivity contribution in [2.24, 2.45) is 29.6 Å². The molecule has 0 aromatic heterocycles. The number of carbonyl (C=O) groups excluding carboxylic acids is 1. The summed E-state index contributed by atoms with van der Waals surface area (Å²) in [6.07, 6.45) is 15.1. The van der Waals surface area contributed by atoms with Crippen molar-refractivity contribution in [3.8, 4) is 0 Å². The lowest BCUT2D eigenvalue weighted by Gasteiger charge is -2.47. The molecular weight excluding hydrogens is 500 g/mol. The lowest BCUT2D eigenvalue weighted by Crippen LogP contribution is -2.48. The summed E-state index contributed by atoms with van der Waals surface area (Å²) in [5, 5.41) is 0. The van der Waals surface area contributed by atoms with E-state index in [9.17, 15) is 4.79 Å². The summed E-state index contributed by atoms with van der Waals surface area (Å²) in [5.41, 5.74) is -0.0531. The van der Waals surface area contributed by atoms with E-state index in [2.05, 4.69) is 44.4 Å². The van der Waals surface area contributed by atoms with E-state index in [4.69, 9.17) is 14.2 Å². The number of rotatable bonds is 15. The molecule has 40 heavy (non-hydrogen) atoms. The minimum Gasteiger partial charge on any atom is -0.381 e. The van der Waals surface area contributed by atoms with E-state index in [0.29, 0.717) is 30.0 Å². The van der Waals surface area contributed by atoms with Crippen LogP contribution in [-0.2, 0) is 19.0 Å². The first kappa shape index (κ1) is 32.2. The maximum atomic E-state index is 12.7. The van der Waals surface area contributed by atoms with Gasteiger partial charge in [-0.2, -0.15) is 0 Å². The number of piperidine rings is 2. The van der Waals surface area contributed by atoms with Crippen molar-refractivity contribution in [1.82, 2.24) is 9.80 Å². The third-order valence-corrected chi connectivity index (χ3v) is 10.7. The molecule has 4 aliphatic rings. The molecule has 0 aromatic carbocycles.